The molecule has 14 heavy (non-hydrogen) atoms. The van der Waals surface area contributed by atoms with Gasteiger partial charge in [0.15, 0.2) is 5.16 Å². The molecular formula is C8H16N4OS. The Bertz CT molecular complexity index is 276. The summed E-state index contributed by atoms with van der Waals surface area (Å²) in [7, 11) is 3.64. The highest BCUT2D eigenvalue weighted by Crippen LogP contribution is 2.15. The number of hydrogen-bond acceptors (Lipinski definition) is 5. The van der Waals surface area contributed by atoms with Crippen LogP contribution in [0.25, 0.3) is 0 Å². The molecule has 6 heteroatoms. The molecule has 0 bridgehead atoms. The van der Waals surface area contributed by atoms with Gasteiger partial charge in [-0.2, -0.15) is 0 Å². The second-order valence-corrected chi connectivity index (χ2v) is 3.92. The molecule has 1 aromatic rings. The molecule has 1 rings (SSSR count). The third-order valence-corrected chi connectivity index (χ3v) is 2.94. The fourth-order valence-corrected chi connectivity index (χ4v) is 1.86. The first-order chi connectivity index (χ1) is 6.79. The van der Waals surface area contributed by atoms with Crippen LogP contribution in [0.3, 0.4) is 0 Å². The van der Waals surface area contributed by atoms with Crippen molar-refractivity contribution in [3.63, 3.8) is 0 Å². The molecule has 0 spiro atoms. The molecule has 1 heterocycles. The van der Waals surface area contributed by atoms with Gasteiger partial charge >= 0.3 is 0 Å². The van der Waals surface area contributed by atoms with Crippen LogP contribution in [0.2, 0.25) is 0 Å². The lowest BCUT2D eigenvalue weighted by Crippen LogP contribution is -2.05. The summed E-state index contributed by atoms with van der Waals surface area (Å²) in [5.41, 5.74) is 5.49. The van der Waals surface area contributed by atoms with Crippen LogP contribution in [-0.2, 0) is 18.3 Å². The van der Waals surface area contributed by atoms with E-state index in [0.717, 1.165) is 29.8 Å². The van der Waals surface area contributed by atoms with Gasteiger partial charge in [-0.1, -0.05) is 11.8 Å². The zero-order chi connectivity index (χ0) is 10.4. The number of rotatable bonds is 6. The van der Waals surface area contributed by atoms with E-state index in [1.807, 2.05) is 11.6 Å². The molecule has 0 aliphatic carbocycles. The van der Waals surface area contributed by atoms with E-state index in [2.05, 4.69) is 10.2 Å². The van der Waals surface area contributed by atoms with Gasteiger partial charge in [-0.25, -0.2) is 0 Å². The van der Waals surface area contributed by atoms with E-state index in [4.69, 9.17) is 10.5 Å². The van der Waals surface area contributed by atoms with E-state index in [-0.39, 0.29) is 0 Å². The first-order valence-electron chi connectivity index (χ1n) is 4.49. The van der Waals surface area contributed by atoms with Crippen molar-refractivity contribution in [3.05, 3.63) is 5.82 Å². The van der Waals surface area contributed by atoms with Crippen LogP contribution in [0, 0.1) is 0 Å². The number of nitrogens with two attached hydrogens (primary N) is 1. The summed E-state index contributed by atoms with van der Waals surface area (Å²) < 4.78 is 6.89. The Balaban J connectivity index is 2.39. The molecule has 0 fully saturated rings. The van der Waals surface area contributed by atoms with Crippen molar-refractivity contribution in [1.29, 1.82) is 0 Å². The molecule has 0 aromatic carbocycles. The van der Waals surface area contributed by atoms with Crippen LogP contribution in [0.4, 0.5) is 0 Å². The summed E-state index contributed by atoms with van der Waals surface area (Å²) in [5, 5.41) is 8.93. The van der Waals surface area contributed by atoms with Crippen molar-refractivity contribution in [2.24, 2.45) is 12.8 Å². The minimum atomic E-state index is 0.433. The van der Waals surface area contributed by atoms with Crippen LogP contribution < -0.4 is 5.73 Å². The molecule has 0 saturated carbocycles. The summed E-state index contributed by atoms with van der Waals surface area (Å²) in [6.07, 6.45) is 1.02. The van der Waals surface area contributed by atoms with Crippen molar-refractivity contribution in [3.8, 4) is 0 Å². The molecular weight excluding hydrogens is 200 g/mol. The number of aromatic nitrogens is 3. The Hall–Kier alpha value is -0.590. The lowest BCUT2D eigenvalue weighted by Gasteiger charge is -2.01. The molecule has 0 aliphatic rings. The Morgan fingerprint density at radius 3 is 2.86 bits per heavy atom. The summed E-state index contributed by atoms with van der Waals surface area (Å²) in [4.78, 5) is 0. The highest BCUT2D eigenvalue weighted by atomic mass is 32.2. The summed E-state index contributed by atoms with van der Waals surface area (Å²) >= 11 is 1.68. The molecule has 2 N–H and O–H groups in total. The maximum Gasteiger partial charge on any atom is 0.190 e. The van der Waals surface area contributed by atoms with Crippen molar-refractivity contribution in [2.75, 3.05) is 19.5 Å². The van der Waals surface area contributed by atoms with E-state index < -0.39 is 0 Å². The second kappa shape index (κ2) is 6.00. The standard InChI is InChI=1S/C8H16N4OS/c1-12-7(6-9)10-11-8(12)14-5-3-4-13-2/h3-6,9H2,1-2H3. The normalized spacial score (nSPS) is 10.8. The molecule has 0 atom stereocenters. The molecule has 0 radical (unpaired) electrons. The lowest BCUT2D eigenvalue weighted by atomic mass is 10.5. The maximum absolute atomic E-state index is 5.49. The first-order valence-corrected chi connectivity index (χ1v) is 5.48. The quantitative estimate of drug-likeness (QED) is 0.551. The Morgan fingerprint density at radius 2 is 2.29 bits per heavy atom. The zero-order valence-corrected chi connectivity index (χ0v) is 9.38. The van der Waals surface area contributed by atoms with Gasteiger partial charge in [0.25, 0.3) is 0 Å². The monoisotopic (exact) mass is 216 g/mol. The molecule has 0 saturated heterocycles. The smallest absolute Gasteiger partial charge is 0.190 e. The van der Waals surface area contributed by atoms with Gasteiger partial charge in [0.1, 0.15) is 5.82 Å². The number of thioether (sulfide) groups is 1. The van der Waals surface area contributed by atoms with E-state index in [9.17, 15) is 0 Å². The number of methoxy groups -OCH3 is 1. The van der Waals surface area contributed by atoms with Crippen LogP contribution in [-0.4, -0.2) is 34.2 Å². The van der Waals surface area contributed by atoms with E-state index in [1.54, 1.807) is 18.9 Å². The molecule has 0 amide bonds. The van der Waals surface area contributed by atoms with E-state index in [0.29, 0.717) is 6.54 Å². The largest absolute Gasteiger partial charge is 0.385 e. The van der Waals surface area contributed by atoms with Crippen molar-refractivity contribution in [2.45, 2.75) is 18.1 Å². The van der Waals surface area contributed by atoms with Gasteiger partial charge in [0.2, 0.25) is 0 Å². The van der Waals surface area contributed by atoms with Gasteiger partial charge in [0, 0.05) is 26.5 Å². The highest BCUT2D eigenvalue weighted by Gasteiger charge is 2.06. The van der Waals surface area contributed by atoms with Crippen LogP contribution in [0.15, 0.2) is 5.16 Å². The average Bonchev–Trinajstić information content (AvgIpc) is 2.55. The molecule has 80 valence electrons. The lowest BCUT2D eigenvalue weighted by molar-refractivity contribution is 0.200. The summed E-state index contributed by atoms with van der Waals surface area (Å²) in [5.74, 6) is 1.81. The van der Waals surface area contributed by atoms with Crippen LogP contribution in [0.5, 0.6) is 0 Å². The van der Waals surface area contributed by atoms with Crippen molar-refractivity contribution < 1.29 is 4.74 Å². The van der Waals surface area contributed by atoms with Crippen molar-refractivity contribution in [1.82, 2.24) is 14.8 Å². The predicted octanol–water partition coefficient (Wildman–Crippen LogP) is 0.402. The zero-order valence-electron chi connectivity index (χ0n) is 8.56. The average molecular weight is 216 g/mol. The summed E-state index contributed by atoms with van der Waals surface area (Å²) in [6.45, 7) is 1.22. The summed E-state index contributed by atoms with van der Waals surface area (Å²) in [6, 6.07) is 0. The fourth-order valence-electron chi connectivity index (χ4n) is 1.02. The Morgan fingerprint density at radius 1 is 1.50 bits per heavy atom. The Kier molecular flexibility index (Phi) is 4.92. The maximum atomic E-state index is 5.49. The molecule has 5 nitrogen and oxygen atoms in total. The first kappa shape index (κ1) is 11.5. The van der Waals surface area contributed by atoms with Gasteiger partial charge in [-0.3, -0.25) is 0 Å². The topological polar surface area (TPSA) is 66.0 Å². The number of ether oxygens (including phenoxy) is 1. The Labute approximate surface area is 88.0 Å². The number of nitrogens with zero attached hydrogens (tertiary/aromatic N) is 3. The van der Waals surface area contributed by atoms with E-state index in [1.165, 1.54) is 0 Å². The fraction of sp³-hybridized carbons (Fsp3) is 0.750. The van der Waals surface area contributed by atoms with Crippen molar-refractivity contribution >= 4 is 11.8 Å². The van der Waals surface area contributed by atoms with Crippen LogP contribution >= 0.6 is 11.8 Å². The third-order valence-electron chi connectivity index (χ3n) is 1.83. The molecule has 0 unspecified atom stereocenters. The van der Waals surface area contributed by atoms with Gasteiger partial charge in [-0.05, 0) is 6.42 Å². The minimum Gasteiger partial charge on any atom is -0.385 e. The third kappa shape index (κ3) is 2.97. The SMILES string of the molecule is COCCCSc1nnc(CN)n1C. The highest BCUT2D eigenvalue weighted by molar-refractivity contribution is 7.99. The van der Waals surface area contributed by atoms with Gasteiger partial charge in [-0.15, -0.1) is 10.2 Å². The van der Waals surface area contributed by atoms with E-state index >= 15 is 0 Å². The molecule has 1 aromatic heterocycles. The predicted molar refractivity (Wildman–Crippen MR) is 56.1 cm³/mol. The van der Waals surface area contributed by atoms with Gasteiger partial charge < -0.3 is 15.0 Å². The van der Waals surface area contributed by atoms with Gasteiger partial charge in [0.05, 0.1) is 6.54 Å². The van der Waals surface area contributed by atoms with Crippen LogP contribution in [0.1, 0.15) is 12.2 Å². The molecule has 0 aliphatic heterocycles. The second-order valence-electron chi connectivity index (χ2n) is 2.86. The number of hydrogen-bond donors (Lipinski definition) is 1. The minimum absolute atomic E-state index is 0.433.